The number of carbonyl (C=O) groups is 1. The molecule has 6 heteroatoms. The number of esters is 1. The highest BCUT2D eigenvalue weighted by Gasteiger charge is 2.13. The van der Waals surface area contributed by atoms with Gasteiger partial charge in [-0.2, -0.15) is 4.98 Å². The van der Waals surface area contributed by atoms with Crippen molar-refractivity contribution in [3.63, 3.8) is 0 Å². The molecule has 3 aromatic heterocycles. The van der Waals surface area contributed by atoms with Crippen molar-refractivity contribution in [2.24, 2.45) is 0 Å². The Balaban J connectivity index is 2.07. The Bertz CT molecular complexity index is 800. The Morgan fingerprint density at radius 2 is 2.05 bits per heavy atom. The Hall–Kier alpha value is -2.21. The monoisotopic (exact) mass is 301 g/mol. The first-order chi connectivity index (χ1) is 10.1. The maximum atomic E-state index is 11.7. The summed E-state index contributed by atoms with van der Waals surface area (Å²) in [7, 11) is 0. The zero-order valence-electron chi connectivity index (χ0n) is 12.1. The van der Waals surface area contributed by atoms with Crippen LogP contribution in [-0.4, -0.2) is 27.1 Å². The second-order valence-electron chi connectivity index (χ2n) is 4.71. The van der Waals surface area contributed by atoms with Crippen LogP contribution in [0.1, 0.15) is 28.7 Å². The number of pyridine rings is 1. The molecule has 3 rings (SSSR count). The van der Waals surface area contributed by atoms with Crippen molar-refractivity contribution in [1.29, 1.82) is 0 Å². The van der Waals surface area contributed by atoms with Crippen molar-refractivity contribution in [3.05, 3.63) is 41.3 Å². The van der Waals surface area contributed by atoms with E-state index in [0.717, 1.165) is 21.2 Å². The number of hydrogen-bond acceptors (Lipinski definition) is 5. The summed E-state index contributed by atoms with van der Waals surface area (Å²) < 4.78 is 7.95. The first-order valence-electron chi connectivity index (χ1n) is 6.69. The van der Waals surface area contributed by atoms with E-state index in [1.807, 2.05) is 13.8 Å². The molecular weight excluding hydrogens is 286 g/mol. The summed E-state index contributed by atoms with van der Waals surface area (Å²) in [4.78, 5) is 20.5. The molecule has 0 saturated heterocycles. The summed E-state index contributed by atoms with van der Waals surface area (Å²) in [5.74, 6) is -0.352. The van der Waals surface area contributed by atoms with Gasteiger partial charge < -0.3 is 4.74 Å². The molecule has 0 amide bonds. The van der Waals surface area contributed by atoms with Crippen LogP contribution in [0.3, 0.4) is 0 Å². The van der Waals surface area contributed by atoms with Gasteiger partial charge in [-0.1, -0.05) is 11.3 Å². The molecule has 108 valence electrons. The number of carbonyl (C=O) groups excluding carboxylic acids is 1. The topological polar surface area (TPSA) is 57.0 Å². The third-order valence-electron chi connectivity index (χ3n) is 3.21. The number of fused-ring (bicyclic) bond motifs is 1. The van der Waals surface area contributed by atoms with Crippen molar-refractivity contribution in [1.82, 2.24) is 14.5 Å². The van der Waals surface area contributed by atoms with E-state index in [2.05, 4.69) is 26.7 Å². The first kappa shape index (κ1) is 13.8. The summed E-state index contributed by atoms with van der Waals surface area (Å²) in [5, 5.41) is 0.860. The summed E-state index contributed by atoms with van der Waals surface area (Å²) in [5.41, 5.74) is 3.35. The zero-order valence-corrected chi connectivity index (χ0v) is 12.9. The van der Waals surface area contributed by atoms with Crippen molar-refractivity contribution in [2.75, 3.05) is 6.61 Å². The molecule has 0 spiro atoms. The standard InChI is InChI=1S/C15H15N3O2S/c1-4-20-14(19)11-7-12-13(16-8-11)17-15(21-12)18-9(2)5-6-10(18)3/h5-8H,4H2,1-3H3. The second-order valence-corrected chi connectivity index (χ2v) is 5.72. The number of aryl methyl sites for hydroxylation is 2. The van der Waals surface area contributed by atoms with Gasteiger partial charge >= 0.3 is 5.97 Å². The fourth-order valence-corrected chi connectivity index (χ4v) is 3.28. The summed E-state index contributed by atoms with van der Waals surface area (Å²) in [6.07, 6.45) is 1.51. The van der Waals surface area contributed by atoms with Crippen LogP contribution in [0.25, 0.3) is 15.5 Å². The number of ether oxygens (including phenoxy) is 1. The van der Waals surface area contributed by atoms with E-state index >= 15 is 0 Å². The van der Waals surface area contributed by atoms with Crippen LogP contribution in [0.2, 0.25) is 0 Å². The Kier molecular flexibility index (Phi) is 3.47. The predicted octanol–water partition coefficient (Wildman–Crippen LogP) is 3.28. The van der Waals surface area contributed by atoms with E-state index in [-0.39, 0.29) is 5.97 Å². The lowest BCUT2D eigenvalue weighted by atomic mass is 10.3. The molecule has 0 aromatic carbocycles. The van der Waals surface area contributed by atoms with Gasteiger partial charge in [0.1, 0.15) is 0 Å². The molecule has 0 saturated carbocycles. The van der Waals surface area contributed by atoms with Crippen molar-refractivity contribution in [3.8, 4) is 5.13 Å². The van der Waals surface area contributed by atoms with Crippen molar-refractivity contribution >= 4 is 27.7 Å². The third kappa shape index (κ3) is 2.42. The average Bonchev–Trinajstić information content (AvgIpc) is 3.01. The van der Waals surface area contributed by atoms with Gasteiger partial charge in [-0.25, -0.2) is 9.78 Å². The SMILES string of the molecule is CCOC(=O)c1cnc2nc(-n3c(C)ccc3C)sc2c1. The lowest BCUT2D eigenvalue weighted by Crippen LogP contribution is -2.04. The van der Waals surface area contributed by atoms with Gasteiger partial charge in [-0.15, -0.1) is 0 Å². The molecule has 0 bridgehead atoms. The van der Waals surface area contributed by atoms with Gasteiger partial charge in [-0.05, 0) is 39.0 Å². The van der Waals surface area contributed by atoms with E-state index < -0.39 is 0 Å². The first-order valence-corrected chi connectivity index (χ1v) is 7.51. The molecule has 5 nitrogen and oxygen atoms in total. The summed E-state index contributed by atoms with van der Waals surface area (Å²) in [6.45, 7) is 6.21. The molecular formula is C15H15N3O2S. The Morgan fingerprint density at radius 3 is 2.71 bits per heavy atom. The zero-order chi connectivity index (χ0) is 15.0. The highest BCUT2D eigenvalue weighted by molar-refractivity contribution is 7.20. The molecule has 0 fully saturated rings. The Labute approximate surface area is 126 Å². The highest BCUT2D eigenvalue weighted by atomic mass is 32.1. The molecule has 0 radical (unpaired) electrons. The minimum Gasteiger partial charge on any atom is -0.462 e. The molecule has 3 heterocycles. The largest absolute Gasteiger partial charge is 0.462 e. The molecule has 21 heavy (non-hydrogen) atoms. The fraction of sp³-hybridized carbons (Fsp3) is 0.267. The minimum absolute atomic E-state index is 0.352. The van der Waals surface area contributed by atoms with Gasteiger partial charge in [0.05, 0.1) is 16.9 Å². The van der Waals surface area contributed by atoms with E-state index in [0.29, 0.717) is 17.8 Å². The minimum atomic E-state index is -0.352. The number of nitrogens with zero attached hydrogens (tertiary/aromatic N) is 3. The summed E-state index contributed by atoms with van der Waals surface area (Å²) >= 11 is 1.51. The van der Waals surface area contributed by atoms with E-state index in [1.165, 1.54) is 17.5 Å². The third-order valence-corrected chi connectivity index (χ3v) is 4.19. The van der Waals surface area contributed by atoms with Crippen LogP contribution >= 0.6 is 11.3 Å². The lowest BCUT2D eigenvalue weighted by Gasteiger charge is -2.03. The van der Waals surface area contributed by atoms with E-state index in [1.54, 1.807) is 13.0 Å². The van der Waals surface area contributed by atoms with Crippen molar-refractivity contribution < 1.29 is 9.53 Å². The number of hydrogen-bond donors (Lipinski definition) is 0. The van der Waals surface area contributed by atoms with Crippen LogP contribution in [0, 0.1) is 13.8 Å². The Morgan fingerprint density at radius 1 is 1.33 bits per heavy atom. The maximum absolute atomic E-state index is 11.7. The van der Waals surface area contributed by atoms with E-state index in [4.69, 9.17) is 4.74 Å². The summed E-state index contributed by atoms with van der Waals surface area (Å²) in [6, 6.07) is 5.90. The highest BCUT2D eigenvalue weighted by Crippen LogP contribution is 2.27. The molecule has 0 N–H and O–H groups in total. The van der Waals surface area contributed by atoms with Crippen LogP contribution in [0.15, 0.2) is 24.4 Å². The molecule has 0 aliphatic rings. The van der Waals surface area contributed by atoms with E-state index in [9.17, 15) is 4.79 Å². The van der Waals surface area contributed by atoms with Gasteiger partial charge in [-0.3, -0.25) is 4.57 Å². The van der Waals surface area contributed by atoms with Gasteiger partial charge in [0.15, 0.2) is 10.8 Å². The predicted molar refractivity (Wildman–Crippen MR) is 82.2 cm³/mol. The van der Waals surface area contributed by atoms with Gasteiger partial charge in [0, 0.05) is 17.6 Å². The fourth-order valence-electron chi connectivity index (χ4n) is 2.20. The van der Waals surface area contributed by atoms with Crippen LogP contribution in [0.5, 0.6) is 0 Å². The smallest absolute Gasteiger partial charge is 0.339 e. The number of thiazole rings is 1. The van der Waals surface area contributed by atoms with Crippen LogP contribution < -0.4 is 0 Å². The lowest BCUT2D eigenvalue weighted by molar-refractivity contribution is 0.0526. The molecule has 0 atom stereocenters. The van der Waals surface area contributed by atoms with Crippen LogP contribution in [-0.2, 0) is 4.74 Å². The average molecular weight is 301 g/mol. The molecule has 0 aliphatic heterocycles. The number of aromatic nitrogens is 3. The van der Waals surface area contributed by atoms with Crippen molar-refractivity contribution in [2.45, 2.75) is 20.8 Å². The second kappa shape index (κ2) is 5.29. The van der Waals surface area contributed by atoms with Gasteiger partial charge in [0.25, 0.3) is 0 Å². The quantitative estimate of drug-likeness (QED) is 0.697. The molecule has 0 unspecified atom stereocenters. The number of rotatable bonds is 3. The van der Waals surface area contributed by atoms with Crippen LogP contribution in [0.4, 0.5) is 0 Å². The molecule has 0 aliphatic carbocycles. The molecule has 3 aromatic rings. The maximum Gasteiger partial charge on any atom is 0.339 e. The normalized spacial score (nSPS) is 11.0. The van der Waals surface area contributed by atoms with Gasteiger partial charge in [0.2, 0.25) is 0 Å².